The highest BCUT2D eigenvalue weighted by Crippen LogP contribution is 2.14. The lowest BCUT2D eigenvalue weighted by Crippen LogP contribution is -2.29. The van der Waals surface area contributed by atoms with Crippen LogP contribution < -0.4 is 0 Å². The van der Waals surface area contributed by atoms with Gasteiger partial charge in [0.15, 0.2) is 0 Å². The van der Waals surface area contributed by atoms with Gasteiger partial charge in [-0.2, -0.15) is 0 Å². The third kappa shape index (κ3) is 8.39. The molecule has 2 heterocycles. The van der Waals surface area contributed by atoms with Gasteiger partial charge in [-0.1, -0.05) is 18.0 Å². The predicted octanol–water partition coefficient (Wildman–Crippen LogP) is 2.43. The molecule has 1 aliphatic heterocycles. The van der Waals surface area contributed by atoms with Gasteiger partial charge in [0.1, 0.15) is 5.15 Å². The van der Waals surface area contributed by atoms with E-state index in [-0.39, 0.29) is 0 Å². The molecule has 1 aromatic rings. The summed E-state index contributed by atoms with van der Waals surface area (Å²) in [6, 6.07) is 4.00. The Bertz CT molecular complexity index is 512. The monoisotopic (exact) mass is 326 g/mol. The first-order chi connectivity index (χ1) is 10.5. The Kier molecular flexibility index (Phi) is 8.17. The summed E-state index contributed by atoms with van der Waals surface area (Å²) in [6.45, 7) is 3.46. The average molecular weight is 327 g/mol. The van der Waals surface area contributed by atoms with Crippen LogP contribution in [0.5, 0.6) is 0 Å². The smallest absolute Gasteiger partial charge is 0.328 e. The fourth-order valence-electron chi connectivity index (χ4n) is 2.06. The highest BCUT2D eigenvalue weighted by Gasteiger charge is 2.10. The lowest BCUT2D eigenvalue weighted by atomic mass is 10.1. The molecule has 1 fully saturated rings. The van der Waals surface area contributed by atoms with Crippen molar-refractivity contribution < 1.29 is 19.8 Å². The van der Waals surface area contributed by atoms with Crippen molar-refractivity contribution in [2.75, 3.05) is 13.1 Å². The van der Waals surface area contributed by atoms with Crippen molar-refractivity contribution in [1.82, 2.24) is 9.88 Å². The first kappa shape index (κ1) is 18.1. The SMILES string of the molecule is Clc1cc(CN2CCCCC2)ccn1.O=C(O)/C=C\C(=O)O. The number of carbonyl (C=O) groups is 2. The molecule has 0 amide bonds. The largest absolute Gasteiger partial charge is 0.478 e. The number of carboxylic acid groups (broad SMARTS) is 2. The van der Waals surface area contributed by atoms with E-state index in [1.807, 2.05) is 12.1 Å². The molecule has 0 saturated carbocycles. The number of halogens is 1. The molecule has 6 nitrogen and oxygen atoms in total. The minimum absolute atomic E-state index is 0.558. The fraction of sp³-hybridized carbons (Fsp3) is 0.400. The van der Waals surface area contributed by atoms with Crippen LogP contribution in [0.2, 0.25) is 5.15 Å². The van der Waals surface area contributed by atoms with Crippen LogP contribution >= 0.6 is 11.6 Å². The second kappa shape index (κ2) is 9.92. The fourth-order valence-corrected chi connectivity index (χ4v) is 2.26. The van der Waals surface area contributed by atoms with Gasteiger partial charge >= 0.3 is 11.9 Å². The van der Waals surface area contributed by atoms with Crippen molar-refractivity contribution in [3.05, 3.63) is 41.2 Å². The number of hydrogen-bond donors (Lipinski definition) is 2. The van der Waals surface area contributed by atoms with E-state index < -0.39 is 11.9 Å². The summed E-state index contributed by atoms with van der Waals surface area (Å²) in [4.78, 5) is 25.6. The summed E-state index contributed by atoms with van der Waals surface area (Å²) in [5, 5.41) is 16.2. The number of carboxylic acids is 2. The second-order valence-corrected chi connectivity index (χ2v) is 5.22. The van der Waals surface area contributed by atoms with Crippen molar-refractivity contribution >= 4 is 23.5 Å². The summed E-state index contributed by atoms with van der Waals surface area (Å²) in [7, 11) is 0. The van der Waals surface area contributed by atoms with Gasteiger partial charge in [0.25, 0.3) is 0 Å². The highest BCUT2D eigenvalue weighted by atomic mass is 35.5. The Hall–Kier alpha value is -1.92. The van der Waals surface area contributed by atoms with Crippen LogP contribution in [-0.4, -0.2) is 45.1 Å². The van der Waals surface area contributed by atoms with Crippen LogP contribution in [0.3, 0.4) is 0 Å². The van der Waals surface area contributed by atoms with E-state index in [9.17, 15) is 9.59 Å². The molecule has 0 aromatic carbocycles. The Morgan fingerprint density at radius 2 is 1.77 bits per heavy atom. The number of piperidine rings is 1. The van der Waals surface area contributed by atoms with Crippen LogP contribution in [0, 0.1) is 0 Å². The molecular weight excluding hydrogens is 308 g/mol. The van der Waals surface area contributed by atoms with Crippen LogP contribution in [-0.2, 0) is 16.1 Å². The molecule has 22 heavy (non-hydrogen) atoms. The number of hydrogen-bond acceptors (Lipinski definition) is 4. The third-order valence-corrected chi connectivity index (χ3v) is 3.22. The molecule has 0 bridgehead atoms. The molecule has 2 rings (SSSR count). The van der Waals surface area contributed by atoms with E-state index in [1.54, 1.807) is 6.20 Å². The van der Waals surface area contributed by atoms with Crippen molar-refractivity contribution in [1.29, 1.82) is 0 Å². The van der Waals surface area contributed by atoms with Crippen LogP contribution in [0.15, 0.2) is 30.5 Å². The molecule has 0 spiro atoms. The molecule has 0 atom stereocenters. The molecule has 1 aromatic heterocycles. The lowest BCUT2D eigenvalue weighted by Gasteiger charge is -2.26. The van der Waals surface area contributed by atoms with E-state index in [0.717, 1.165) is 6.54 Å². The molecule has 0 radical (unpaired) electrons. The van der Waals surface area contributed by atoms with Gasteiger partial charge in [-0.25, -0.2) is 14.6 Å². The standard InChI is InChI=1S/C11H15ClN2.C4H4O4/c12-11-8-10(4-5-13-11)9-14-6-2-1-3-7-14;5-3(6)1-2-4(7)8/h4-5,8H,1-3,6-7,9H2;1-2H,(H,5,6)(H,7,8)/b;2-1-. The minimum Gasteiger partial charge on any atom is -0.478 e. The predicted molar refractivity (Wildman–Crippen MR) is 82.8 cm³/mol. The van der Waals surface area contributed by atoms with Crippen LogP contribution in [0.4, 0.5) is 0 Å². The summed E-state index contributed by atoms with van der Waals surface area (Å²) >= 11 is 5.83. The summed E-state index contributed by atoms with van der Waals surface area (Å²) in [6.07, 6.45) is 6.94. The van der Waals surface area contributed by atoms with Gasteiger partial charge in [-0.15, -0.1) is 0 Å². The number of pyridine rings is 1. The summed E-state index contributed by atoms with van der Waals surface area (Å²) < 4.78 is 0. The van der Waals surface area contributed by atoms with Gasteiger partial charge in [-0.05, 0) is 43.6 Å². The van der Waals surface area contributed by atoms with Crippen LogP contribution in [0.1, 0.15) is 24.8 Å². The lowest BCUT2D eigenvalue weighted by molar-refractivity contribution is -0.134. The van der Waals surface area contributed by atoms with Gasteiger partial charge in [0, 0.05) is 24.9 Å². The molecule has 120 valence electrons. The topological polar surface area (TPSA) is 90.7 Å². The number of nitrogens with zero attached hydrogens (tertiary/aromatic N) is 2. The van der Waals surface area contributed by atoms with E-state index in [4.69, 9.17) is 21.8 Å². The quantitative estimate of drug-likeness (QED) is 0.652. The zero-order valence-corrected chi connectivity index (χ0v) is 12.9. The van der Waals surface area contributed by atoms with Crippen molar-refractivity contribution in [3.63, 3.8) is 0 Å². The average Bonchev–Trinajstić information content (AvgIpc) is 2.47. The Morgan fingerprint density at radius 1 is 1.18 bits per heavy atom. The maximum absolute atomic E-state index is 9.55. The van der Waals surface area contributed by atoms with E-state index >= 15 is 0 Å². The van der Waals surface area contributed by atoms with Gasteiger partial charge in [0.05, 0.1) is 0 Å². The number of likely N-dealkylation sites (tertiary alicyclic amines) is 1. The maximum Gasteiger partial charge on any atom is 0.328 e. The van der Waals surface area contributed by atoms with Gasteiger partial charge in [0.2, 0.25) is 0 Å². The Labute approximate surface area is 134 Å². The zero-order valence-electron chi connectivity index (χ0n) is 12.1. The molecule has 1 saturated heterocycles. The number of rotatable bonds is 4. The third-order valence-electron chi connectivity index (χ3n) is 3.01. The van der Waals surface area contributed by atoms with Gasteiger partial charge in [-0.3, -0.25) is 4.90 Å². The first-order valence-electron chi connectivity index (χ1n) is 6.94. The summed E-state index contributed by atoms with van der Waals surface area (Å²) in [5.41, 5.74) is 1.27. The second-order valence-electron chi connectivity index (χ2n) is 4.83. The van der Waals surface area contributed by atoms with E-state index in [0.29, 0.717) is 17.3 Å². The van der Waals surface area contributed by atoms with E-state index in [2.05, 4.69) is 9.88 Å². The highest BCUT2D eigenvalue weighted by molar-refractivity contribution is 6.29. The number of aromatic nitrogens is 1. The normalized spacial score (nSPS) is 15.1. The van der Waals surface area contributed by atoms with Crippen molar-refractivity contribution in [3.8, 4) is 0 Å². The molecule has 7 heteroatoms. The summed E-state index contributed by atoms with van der Waals surface area (Å²) in [5.74, 6) is -2.51. The van der Waals surface area contributed by atoms with Gasteiger partial charge < -0.3 is 10.2 Å². The Balaban J connectivity index is 0.000000261. The van der Waals surface area contributed by atoms with Crippen molar-refractivity contribution in [2.24, 2.45) is 0 Å². The van der Waals surface area contributed by atoms with Crippen LogP contribution in [0.25, 0.3) is 0 Å². The molecule has 1 aliphatic rings. The zero-order chi connectivity index (χ0) is 16.4. The molecule has 2 N–H and O–H groups in total. The van der Waals surface area contributed by atoms with E-state index in [1.165, 1.54) is 37.9 Å². The molecule has 0 unspecified atom stereocenters. The molecular formula is C15H19ClN2O4. The van der Waals surface area contributed by atoms with Crippen molar-refractivity contribution in [2.45, 2.75) is 25.8 Å². The first-order valence-corrected chi connectivity index (χ1v) is 7.32. The maximum atomic E-state index is 9.55. The number of aliphatic carboxylic acids is 2. The minimum atomic E-state index is -1.26. The Morgan fingerprint density at radius 3 is 2.27 bits per heavy atom. The molecule has 0 aliphatic carbocycles.